The molecule has 2 N–H and O–H groups in total. The number of aromatic nitrogens is 2. The molecule has 1 aromatic rings. The Labute approximate surface area is 139 Å². The minimum absolute atomic E-state index is 0.0516. The molecule has 0 radical (unpaired) electrons. The van der Waals surface area contributed by atoms with Gasteiger partial charge in [-0.2, -0.15) is 5.10 Å². The largest absolute Gasteiger partial charge is 0.336 e. The van der Waals surface area contributed by atoms with E-state index in [-0.39, 0.29) is 17.6 Å². The van der Waals surface area contributed by atoms with Crippen molar-refractivity contribution in [2.24, 2.45) is 13.0 Å². The zero-order valence-corrected chi connectivity index (χ0v) is 15.1. The summed E-state index contributed by atoms with van der Waals surface area (Å²) in [6.45, 7) is 4.97. The lowest BCUT2D eigenvalue weighted by Crippen LogP contribution is -2.56. The molecule has 1 heterocycles. The maximum Gasteiger partial charge on any atom is 0.315 e. The number of likely N-dealkylation sites (N-methyl/N-ethyl adjacent to an activating group) is 1. The third-order valence-electron chi connectivity index (χ3n) is 5.17. The molecule has 2 rings (SSSR count). The third kappa shape index (κ3) is 4.47. The predicted molar refractivity (Wildman–Crippen MR) is 92.2 cm³/mol. The monoisotopic (exact) mass is 321 g/mol. The Balaban J connectivity index is 1.89. The van der Waals surface area contributed by atoms with Gasteiger partial charge < -0.3 is 15.5 Å². The van der Waals surface area contributed by atoms with E-state index in [0.717, 1.165) is 18.4 Å². The van der Waals surface area contributed by atoms with Gasteiger partial charge in [0.05, 0.1) is 12.2 Å². The number of hydrogen-bond acceptors (Lipinski definition) is 3. The van der Waals surface area contributed by atoms with Crippen molar-refractivity contribution in [1.29, 1.82) is 0 Å². The Bertz CT molecular complexity index is 527. The fourth-order valence-corrected chi connectivity index (χ4v) is 3.60. The summed E-state index contributed by atoms with van der Waals surface area (Å²) >= 11 is 0. The van der Waals surface area contributed by atoms with Crippen LogP contribution in [0.1, 0.15) is 51.1 Å². The summed E-state index contributed by atoms with van der Waals surface area (Å²) in [6, 6.07) is -0.162. The highest BCUT2D eigenvalue weighted by Gasteiger charge is 2.37. The molecule has 3 unspecified atom stereocenters. The second-order valence-electron chi connectivity index (χ2n) is 7.32. The van der Waals surface area contributed by atoms with E-state index in [1.807, 2.05) is 20.2 Å². The summed E-state index contributed by atoms with van der Waals surface area (Å²) < 4.78 is 1.75. The minimum Gasteiger partial charge on any atom is -0.336 e. The van der Waals surface area contributed by atoms with E-state index in [2.05, 4.69) is 41.7 Å². The molecule has 1 aliphatic carbocycles. The standard InChI is InChI=1S/C17H31N5O/c1-13-7-6-8-17(9-13,21(3)4)12-18-16(23)20-14(2)15-10-19-22(5)11-15/h10-11,13-14H,6-9,12H2,1-5H3,(H2,18,20,23). The van der Waals surface area contributed by atoms with Crippen molar-refractivity contribution in [3.05, 3.63) is 18.0 Å². The van der Waals surface area contributed by atoms with E-state index in [0.29, 0.717) is 12.5 Å². The second-order valence-corrected chi connectivity index (χ2v) is 7.32. The fourth-order valence-electron chi connectivity index (χ4n) is 3.60. The summed E-state index contributed by atoms with van der Waals surface area (Å²) in [5.41, 5.74) is 1.09. The molecule has 0 bridgehead atoms. The highest BCUT2D eigenvalue weighted by atomic mass is 16.2. The smallest absolute Gasteiger partial charge is 0.315 e. The Morgan fingerprint density at radius 3 is 2.87 bits per heavy atom. The van der Waals surface area contributed by atoms with Crippen LogP contribution in [0.25, 0.3) is 0 Å². The van der Waals surface area contributed by atoms with E-state index < -0.39 is 0 Å². The number of nitrogens with one attached hydrogen (secondary N) is 2. The summed E-state index contributed by atoms with van der Waals surface area (Å²) in [7, 11) is 6.12. The van der Waals surface area contributed by atoms with Crippen molar-refractivity contribution in [1.82, 2.24) is 25.3 Å². The highest BCUT2D eigenvalue weighted by Crippen LogP contribution is 2.35. The first-order chi connectivity index (χ1) is 10.8. The zero-order valence-electron chi connectivity index (χ0n) is 15.1. The molecule has 1 saturated carbocycles. The van der Waals surface area contributed by atoms with Gasteiger partial charge in [-0.15, -0.1) is 0 Å². The zero-order chi connectivity index (χ0) is 17.0. The highest BCUT2D eigenvalue weighted by molar-refractivity contribution is 5.74. The number of carbonyl (C=O) groups is 1. The summed E-state index contributed by atoms with van der Waals surface area (Å²) in [4.78, 5) is 14.5. The molecule has 2 amide bonds. The van der Waals surface area contributed by atoms with Crippen molar-refractivity contribution in [2.45, 2.75) is 51.1 Å². The van der Waals surface area contributed by atoms with Gasteiger partial charge in [0.2, 0.25) is 0 Å². The molecule has 130 valence electrons. The van der Waals surface area contributed by atoms with Crippen LogP contribution in [0.3, 0.4) is 0 Å². The number of hydrogen-bond donors (Lipinski definition) is 2. The average molecular weight is 321 g/mol. The minimum atomic E-state index is -0.110. The normalized spacial score (nSPS) is 26.1. The SMILES string of the molecule is CC1CCCC(CNC(=O)NC(C)c2cnn(C)c2)(N(C)C)C1. The molecule has 3 atom stereocenters. The number of rotatable bonds is 5. The molecule has 23 heavy (non-hydrogen) atoms. The Morgan fingerprint density at radius 1 is 1.57 bits per heavy atom. The summed E-state index contributed by atoms with van der Waals surface area (Å²) in [6.07, 6.45) is 8.51. The van der Waals surface area contributed by atoms with Crippen LogP contribution in [-0.2, 0) is 7.05 Å². The van der Waals surface area contributed by atoms with Crippen LogP contribution in [0.5, 0.6) is 0 Å². The number of aryl methyl sites for hydroxylation is 1. The average Bonchev–Trinajstić information content (AvgIpc) is 2.92. The molecule has 1 aromatic heterocycles. The lowest BCUT2D eigenvalue weighted by molar-refractivity contribution is 0.0772. The van der Waals surface area contributed by atoms with Crippen LogP contribution in [0.15, 0.2) is 12.4 Å². The summed E-state index contributed by atoms with van der Waals surface area (Å²) in [5.74, 6) is 0.713. The van der Waals surface area contributed by atoms with E-state index in [1.165, 1.54) is 12.8 Å². The second kappa shape index (κ2) is 7.34. The number of nitrogens with zero attached hydrogens (tertiary/aromatic N) is 3. The molecular weight excluding hydrogens is 290 g/mol. The van der Waals surface area contributed by atoms with Gasteiger partial charge in [0.1, 0.15) is 0 Å². The van der Waals surface area contributed by atoms with Crippen LogP contribution >= 0.6 is 0 Å². The molecule has 1 fully saturated rings. The van der Waals surface area contributed by atoms with Crippen LogP contribution in [0, 0.1) is 5.92 Å². The van der Waals surface area contributed by atoms with Gasteiger partial charge >= 0.3 is 6.03 Å². The van der Waals surface area contributed by atoms with E-state index >= 15 is 0 Å². The van der Waals surface area contributed by atoms with Gasteiger partial charge in [-0.1, -0.05) is 19.8 Å². The molecule has 0 aliphatic heterocycles. The Hall–Kier alpha value is -1.56. The van der Waals surface area contributed by atoms with Crippen molar-refractivity contribution in [2.75, 3.05) is 20.6 Å². The van der Waals surface area contributed by atoms with Gasteiger partial charge in [0.15, 0.2) is 0 Å². The molecule has 0 spiro atoms. The first-order valence-electron chi connectivity index (χ1n) is 8.53. The molecule has 0 saturated heterocycles. The van der Waals surface area contributed by atoms with E-state index in [4.69, 9.17) is 0 Å². The van der Waals surface area contributed by atoms with E-state index in [1.54, 1.807) is 10.9 Å². The lowest BCUT2D eigenvalue weighted by Gasteiger charge is -2.45. The Kier molecular flexibility index (Phi) is 5.68. The first-order valence-corrected chi connectivity index (χ1v) is 8.53. The fraction of sp³-hybridized carbons (Fsp3) is 0.765. The quantitative estimate of drug-likeness (QED) is 0.875. The van der Waals surface area contributed by atoms with Crippen LogP contribution in [0.4, 0.5) is 4.79 Å². The lowest BCUT2D eigenvalue weighted by atomic mass is 9.75. The molecule has 0 aromatic carbocycles. The number of carbonyl (C=O) groups excluding carboxylic acids is 1. The van der Waals surface area contributed by atoms with Gasteiger partial charge in [-0.05, 0) is 39.8 Å². The maximum atomic E-state index is 12.3. The van der Waals surface area contributed by atoms with Gasteiger partial charge in [-0.3, -0.25) is 4.68 Å². The van der Waals surface area contributed by atoms with Gasteiger partial charge in [0.25, 0.3) is 0 Å². The van der Waals surface area contributed by atoms with Crippen molar-refractivity contribution in [3.63, 3.8) is 0 Å². The molecule has 1 aliphatic rings. The number of amides is 2. The van der Waals surface area contributed by atoms with E-state index in [9.17, 15) is 4.79 Å². The number of urea groups is 1. The van der Waals surface area contributed by atoms with Crippen LogP contribution in [-0.4, -0.2) is 46.9 Å². The molecule has 6 nitrogen and oxygen atoms in total. The topological polar surface area (TPSA) is 62.2 Å². The molecular formula is C17H31N5O. The van der Waals surface area contributed by atoms with Crippen molar-refractivity contribution < 1.29 is 4.79 Å². The van der Waals surface area contributed by atoms with Crippen molar-refractivity contribution in [3.8, 4) is 0 Å². The third-order valence-corrected chi connectivity index (χ3v) is 5.17. The Morgan fingerprint density at radius 2 is 2.30 bits per heavy atom. The van der Waals surface area contributed by atoms with Gasteiger partial charge in [0, 0.05) is 30.9 Å². The van der Waals surface area contributed by atoms with Crippen molar-refractivity contribution >= 4 is 6.03 Å². The first kappa shape index (κ1) is 17.8. The molecule has 6 heteroatoms. The van der Waals surface area contributed by atoms with Crippen LogP contribution < -0.4 is 10.6 Å². The predicted octanol–water partition coefficient (Wildman–Crippen LogP) is 2.29. The van der Waals surface area contributed by atoms with Gasteiger partial charge in [-0.25, -0.2) is 4.79 Å². The van der Waals surface area contributed by atoms with Crippen LogP contribution in [0.2, 0.25) is 0 Å². The maximum absolute atomic E-state index is 12.3. The summed E-state index contributed by atoms with van der Waals surface area (Å²) in [5, 5.41) is 10.2.